The van der Waals surface area contributed by atoms with Gasteiger partial charge in [0, 0.05) is 12.2 Å². The first-order valence-corrected chi connectivity index (χ1v) is 8.67. The predicted molar refractivity (Wildman–Crippen MR) is 101 cm³/mol. The van der Waals surface area contributed by atoms with E-state index in [1.807, 2.05) is 32.9 Å². The number of benzene rings is 1. The van der Waals surface area contributed by atoms with Crippen LogP contribution in [0.25, 0.3) is 0 Å². The fourth-order valence-corrected chi connectivity index (χ4v) is 2.22. The predicted octanol–water partition coefficient (Wildman–Crippen LogP) is 0.850. The van der Waals surface area contributed by atoms with Gasteiger partial charge in [-0.25, -0.2) is 4.79 Å². The van der Waals surface area contributed by atoms with E-state index < -0.39 is 18.1 Å². The van der Waals surface area contributed by atoms with Gasteiger partial charge in [-0.15, -0.1) is 0 Å². The molecule has 4 amide bonds. The standard InChI is InChI=1S/C18H29N5O3/c1-11(2)15(19)17(25)23-14(5-4-10-21-18(20)26)16(24)22-13-8-6-12(3)7-9-13/h6-9,11,14-15H,4-5,10,19H2,1-3H3,(H,22,24)(H,23,25)(H3,20,21,26)/t14-,15-/m0/s1. The summed E-state index contributed by atoms with van der Waals surface area (Å²) in [6, 6.07) is 5.26. The van der Waals surface area contributed by atoms with E-state index in [-0.39, 0.29) is 17.7 Å². The Morgan fingerprint density at radius 3 is 2.23 bits per heavy atom. The number of primary amides is 1. The lowest BCUT2D eigenvalue weighted by Crippen LogP contribution is -2.51. The quantitative estimate of drug-likeness (QED) is 0.415. The van der Waals surface area contributed by atoms with Gasteiger partial charge in [0.25, 0.3) is 0 Å². The number of amides is 4. The molecule has 8 heteroatoms. The van der Waals surface area contributed by atoms with Gasteiger partial charge in [-0.2, -0.15) is 0 Å². The van der Waals surface area contributed by atoms with Crippen LogP contribution in [0.5, 0.6) is 0 Å². The number of nitrogens with two attached hydrogens (primary N) is 2. The van der Waals surface area contributed by atoms with Crippen molar-refractivity contribution in [3.8, 4) is 0 Å². The average Bonchev–Trinajstić information content (AvgIpc) is 2.58. The molecule has 0 aliphatic rings. The van der Waals surface area contributed by atoms with Crippen molar-refractivity contribution >= 4 is 23.5 Å². The summed E-state index contributed by atoms with van der Waals surface area (Å²) < 4.78 is 0. The number of rotatable bonds is 9. The first-order valence-electron chi connectivity index (χ1n) is 8.67. The summed E-state index contributed by atoms with van der Waals surface area (Å²) in [5.74, 6) is -0.767. The molecule has 7 N–H and O–H groups in total. The van der Waals surface area contributed by atoms with Gasteiger partial charge in [-0.3, -0.25) is 9.59 Å². The minimum Gasteiger partial charge on any atom is -0.352 e. The van der Waals surface area contributed by atoms with Crippen LogP contribution in [-0.2, 0) is 9.59 Å². The Kier molecular flexibility index (Phi) is 8.57. The summed E-state index contributed by atoms with van der Waals surface area (Å²) in [5, 5.41) is 7.94. The molecule has 0 aliphatic carbocycles. The van der Waals surface area contributed by atoms with E-state index in [9.17, 15) is 14.4 Å². The van der Waals surface area contributed by atoms with Crippen LogP contribution < -0.4 is 27.4 Å². The maximum Gasteiger partial charge on any atom is 0.312 e. The minimum atomic E-state index is -0.761. The molecule has 0 aromatic heterocycles. The van der Waals surface area contributed by atoms with Crippen molar-refractivity contribution in [3.05, 3.63) is 29.8 Å². The number of hydrogen-bond acceptors (Lipinski definition) is 4. The van der Waals surface area contributed by atoms with Crippen LogP contribution in [-0.4, -0.2) is 36.5 Å². The second-order valence-electron chi connectivity index (χ2n) is 6.62. The molecule has 8 nitrogen and oxygen atoms in total. The van der Waals surface area contributed by atoms with Crippen LogP contribution in [0, 0.1) is 12.8 Å². The highest BCUT2D eigenvalue weighted by atomic mass is 16.2. The lowest BCUT2D eigenvalue weighted by atomic mass is 10.0. The Morgan fingerprint density at radius 2 is 1.69 bits per heavy atom. The van der Waals surface area contributed by atoms with Crippen molar-refractivity contribution in [2.75, 3.05) is 11.9 Å². The SMILES string of the molecule is Cc1ccc(NC(=O)[C@H](CCCNC(N)=O)NC(=O)[C@@H](N)C(C)C)cc1. The molecule has 0 unspecified atom stereocenters. The van der Waals surface area contributed by atoms with Crippen molar-refractivity contribution in [2.24, 2.45) is 17.4 Å². The lowest BCUT2D eigenvalue weighted by Gasteiger charge is -2.22. The third kappa shape index (κ3) is 7.52. The molecule has 2 atom stereocenters. The van der Waals surface area contributed by atoms with Crippen molar-refractivity contribution < 1.29 is 14.4 Å². The smallest absolute Gasteiger partial charge is 0.312 e. The Hall–Kier alpha value is -2.61. The Morgan fingerprint density at radius 1 is 1.08 bits per heavy atom. The van der Waals surface area contributed by atoms with Crippen molar-refractivity contribution in [2.45, 2.75) is 45.7 Å². The molecule has 0 radical (unpaired) electrons. The molecule has 0 fully saturated rings. The Labute approximate surface area is 154 Å². The van der Waals surface area contributed by atoms with Crippen LogP contribution in [0.4, 0.5) is 10.5 Å². The second kappa shape index (κ2) is 10.4. The molecule has 26 heavy (non-hydrogen) atoms. The molecule has 0 spiro atoms. The van der Waals surface area contributed by atoms with Gasteiger partial charge in [-0.1, -0.05) is 31.5 Å². The average molecular weight is 363 g/mol. The van der Waals surface area contributed by atoms with E-state index in [2.05, 4.69) is 16.0 Å². The summed E-state index contributed by atoms with van der Waals surface area (Å²) in [4.78, 5) is 35.5. The van der Waals surface area contributed by atoms with Gasteiger partial charge in [-0.05, 0) is 37.8 Å². The topological polar surface area (TPSA) is 139 Å². The van der Waals surface area contributed by atoms with Crippen molar-refractivity contribution in [3.63, 3.8) is 0 Å². The largest absolute Gasteiger partial charge is 0.352 e. The summed E-state index contributed by atoms with van der Waals surface area (Å²) in [6.07, 6.45) is 0.820. The number of anilines is 1. The van der Waals surface area contributed by atoms with Gasteiger partial charge in [0.05, 0.1) is 6.04 Å². The zero-order valence-electron chi connectivity index (χ0n) is 15.5. The number of carbonyl (C=O) groups is 3. The van der Waals surface area contributed by atoms with E-state index in [0.717, 1.165) is 5.56 Å². The van der Waals surface area contributed by atoms with Gasteiger partial charge >= 0.3 is 6.03 Å². The highest BCUT2D eigenvalue weighted by Crippen LogP contribution is 2.10. The van der Waals surface area contributed by atoms with E-state index in [1.165, 1.54) is 0 Å². The molecule has 1 aromatic carbocycles. The van der Waals surface area contributed by atoms with Gasteiger partial charge in [0.2, 0.25) is 11.8 Å². The molecule has 144 valence electrons. The van der Waals surface area contributed by atoms with Crippen LogP contribution >= 0.6 is 0 Å². The van der Waals surface area contributed by atoms with Crippen LogP contribution in [0.3, 0.4) is 0 Å². The van der Waals surface area contributed by atoms with Gasteiger partial charge < -0.3 is 27.4 Å². The summed E-state index contributed by atoms with van der Waals surface area (Å²) >= 11 is 0. The molecule has 1 rings (SSSR count). The molecule has 0 saturated carbocycles. The van der Waals surface area contributed by atoms with Crippen LogP contribution in [0.15, 0.2) is 24.3 Å². The summed E-state index contributed by atoms with van der Waals surface area (Å²) in [7, 11) is 0. The van der Waals surface area contributed by atoms with Gasteiger partial charge in [0.15, 0.2) is 0 Å². The fraction of sp³-hybridized carbons (Fsp3) is 0.500. The van der Waals surface area contributed by atoms with E-state index in [0.29, 0.717) is 25.1 Å². The number of carbonyl (C=O) groups excluding carboxylic acids is 3. The maximum absolute atomic E-state index is 12.6. The zero-order chi connectivity index (χ0) is 19.7. The lowest BCUT2D eigenvalue weighted by molar-refractivity contribution is -0.128. The second-order valence-corrected chi connectivity index (χ2v) is 6.62. The molecule has 0 bridgehead atoms. The number of urea groups is 1. The number of aryl methyl sites for hydroxylation is 1. The van der Waals surface area contributed by atoms with Gasteiger partial charge in [0.1, 0.15) is 6.04 Å². The first-order chi connectivity index (χ1) is 12.2. The Balaban J connectivity index is 2.73. The highest BCUT2D eigenvalue weighted by Gasteiger charge is 2.25. The Bertz CT molecular complexity index is 616. The van der Waals surface area contributed by atoms with E-state index >= 15 is 0 Å². The fourth-order valence-electron chi connectivity index (χ4n) is 2.22. The van der Waals surface area contributed by atoms with Crippen LogP contribution in [0.1, 0.15) is 32.3 Å². The zero-order valence-corrected chi connectivity index (χ0v) is 15.5. The molecular weight excluding hydrogens is 334 g/mol. The highest BCUT2D eigenvalue weighted by molar-refractivity contribution is 5.97. The molecule has 0 aliphatic heterocycles. The maximum atomic E-state index is 12.6. The summed E-state index contributed by atoms with van der Waals surface area (Å²) in [5.41, 5.74) is 12.6. The molecule has 0 saturated heterocycles. The molecule has 1 aromatic rings. The molecule has 0 heterocycles. The first kappa shape index (κ1) is 21.4. The minimum absolute atomic E-state index is 0.0488. The van der Waals surface area contributed by atoms with Crippen molar-refractivity contribution in [1.82, 2.24) is 10.6 Å². The molecular formula is C18H29N5O3. The third-order valence-corrected chi connectivity index (χ3v) is 3.94. The van der Waals surface area contributed by atoms with E-state index in [1.54, 1.807) is 12.1 Å². The number of hydrogen-bond donors (Lipinski definition) is 5. The third-order valence-electron chi connectivity index (χ3n) is 3.94. The van der Waals surface area contributed by atoms with E-state index in [4.69, 9.17) is 11.5 Å². The number of nitrogens with one attached hydrogen (secondary N) is 3. The summed E-state index contributed by atoms with van der Waals surface area (Å²) in [6.45, 7) is 5.94. The normalized spacial score (nSPS) is 13.0. The van der Waals surface area contributed by atoms with Crippen LogP contribution in [0.2, 0.25) is 0 Å². The monoisotopic (exact) mass is 363 g/mol. The van der Waals surface area contributed by atoms with Crippen molar-refractivity contribution in [1.29, 1.82) is 0 Å².